The molecule has 8 nitrogen and oxygen atoms in total. The number of carbonyl (C=O) groups is 2. The molecule has 4 rings (SSSR count). The maximum absolute atomic E-state index is 14.6. The Morgan fingerprint density at radius 2 is 1.97 bits per heavy atom. The molecule has 0 aliphatic carbocycles. The molecule has 2 aliphatic rings. The third-order valence-corrected chi connectivity index (χ3v) is 5.12. The number of rotatable bonds is 4. The molecule has 3 heterocycles. The van der Waals surface area contributed by atoms with Crippen molar-refractivity contribution in [3.05, 3.63) is 54.6 Å². The topological polar surface area (TPSA) is 81.2 Å². The van der Waals surface area contributed by atoms with E-state index >= 15 is 0 Å². The molecule has 1 aromatic carbocycles. The third-order valence-electron chi connectivity index (χ3n) is 5.12. The Balaban J connectivity index is 1.54. The molecule has 2 amide bonds. The zero-order valence-electron chi connectivity index (χ0n) is 16.9. The van der Waals surface area contributed by atoms with Crippen molar-refractivity contribution in [3.8, 4) is 5.75 Å². The van der Waals surface area contributed by atoms with Crippen molar-refractivity contribution in [1.82, 2.24) is 9.88 Å². The molecule has 1 atom stereocenters. The van der Waals surface area contributed by atoms with E-state index in [1.165, 1.54) is 23.2 Å². The minimum Gasteiger partial charge on any atom is -0.482 e. The summed E-state index contributed by atoms with van der Waals surface area (Å²) in [6, 6.07) is 7.86. The first-order chi connectivity index (χ1) is 15.3. The van der Waals surface area contributed by atoms with Crippen LogP contribution in [0.15, 0.2) is 48.8 Å². The molecule has 1 aromatic heterocycles. The largest absolute Gasteiger partial charge is 0.482 e. The van der Waals surface area contributed by atoms with E-state index in [-0.39, 0.29) is 45.1 Å². The van der Waals surface area contributed by atoms with Gasteiger partial charge >= 0.3 is 12.0 Å². The third kappa shape index (κ3) is 4.68. The van der Waals surface area contributed by atoms with Crippen LogP contribution in [-0.2, 0) is 19.1 Å². The standard InChI is InChI=1S/C21H20F3N3O5/c22-15-3-5-16(6-4-15)27-13-20(32-21(23,24)19(27)29)12-26(8-9-30-14-20)18(28)11-31-17-2-1-7-25-10-17/h1-7,10H,8-9,11-14H2. The van der Waals surface area contributed by atoms with Gasteiger partial charge in [-0.3, -0.25) is 19.3 Å². The van der Waals surface area contributed by atoms with Crippen molar-refractivity contribution in [2.75, 3.05) is 44.4 Å². The molecule has 2 saturated heterocycles. The molecule has 0 N–H and O–H groups in total. The SMILES string of the molecule is O=C(COc1cccnc1)N1CCOCC2(C1)CN(c1ccc(F)cc1)C(=O)C(F)(F)O2. The van der Waals surface area contributed by atoms with Gasteiger partial charge in [-0.05, 0) is 36.4 Å². The van der Waals surface area contributed by atoms with Gasteiger partial charge in [-0.2, -0.15) is 8.78 Å². The summed E-state index contributed by atoms with van der Waals surface area (Å²) >= 11 is 0. The maximum atomic E-state index is 14.6. The molecule has 2 fully saturated rings. The molecule has 11 heteroatoms. The number of nitrogens with zero attached hydrogens (tertiary/aromatic N) is 3. The lowest BCUT2D eigenvalue weighted by Crippen LogP contribution is -2.66. The van der Waals surface area contributed by atoms with E-state index in [2.05, 4.69) is 4.98 Å². The van der Waals surface area contributed by atoms with Gasteiger partial charge in [-0.1, -0.05) is 0 Å². The van der Waals surface area contributed by atoms with Gasteiger partial charge in [0.2, 0.25) is 0 Å². The fourth-order valence-electron chi connectivity index (χ4n) is 3.64. The van der Waals surface area contributed by atoms with E-state index in [9.17, 15) is 22.8 Å². The number of hydrogen-bond acceptors (Lipinski definition) is 6. The predicted octanol–water partition coefficient (Wildman–Crippen LogP) is 1.85. The van der Waals surface area contributed by atoms with Crippen LogP contribution in [0.3, 0.4) is 0 Å². The second-order valence-corrected chi connectivity index (χ2v) is 7.51. The van der Waals surface area contributed by atoms with Gasteiger partial charge in [0, 0.05) is 18.4 Å². The molecule has 1 spiro atoms. The predicted molar refractivity (Wildman–Crippen MR) is 105 cm³/mol. The van der Waals surface area contributed by atoms with Gasteiger partial charge in [-0.15, -0.1) is 0 Å². The zero-order valence-corrected chi connectivity index (χ0v) is 16.9. The van der Waals surface area contributed by atoms with E-state index in [1.54, 1.807) is 18.3 Å². The number of alkyl halides is 2. The summed E-state index contributed by atoms with van der Waals surface area (Å²) < 4.78 is 58.3. The number of hydrogen-bond donors (Lipinski definition) is 0. The smallest absolute Gasteiger partial charge is 0.437 e. The Labute approximate surface area is 181 Å². The van der Waals surface area contributed by atoms with E-state index in [0.29, 0.717) is 5.75 Å². The van der Waals surface area contributed by atoms with Gasteiger partial charge in [0.15, 0.2) is 6.61 Å². The van der Waals surface area contributed by atoms with Crippen LogP contribution in [0, 0.1) is 5.82 Å². The van der Waals surface area contributed by atoms with E-state index in [4.69, 9.17) is 14.2 Å². The van der Waals surface area contributed by atoms with Crippen molar-refractivity contribution in [1.29, 1.82) is 0 Å². The van der Waals surface area contributed by atoms with Gasteiger partial charge in [0.1, 0.15) is 17.2 Å². The molecule has 32 heavy (non-hydrogen) atoms. The summed E-state index contributed by atoms with van der Waals surface area (Å²) in [5.74, 6) is -2.22. The Kier molecular flexibility index (Phi) is 6.02. The Bertz CT molecular complexity index is 976. The van der Waals surface area contributed by atoms with Gasteiger partial charge in [0.05, 0.1) is 32.5 Å². The van der Waals surface area contributed by atoms with E-state index in [1.807, 2.05) is 0 Å². The van der Waals surface area contributed by atoms with Crippen LogP contribution in [0.2, 0.25) is 0 Å². The lowest BCUT2D eigenvalue weighted by atomic mass is 10.00. The second kappa shape index (κ2) is 8.75. The zero-order chi connectivity index (χ0) is 22.8. The van der Waals surface area contributed by atoms with Crippen LogP contribution >= 0.6 is 0 Å². The van der Waals surface area contributed by atoms with Crippen LogP contribution in [0.4, 0.5) is 18.9 Å². The van der Waals surface area contributed by atoms with Crippen LogP contribution in [0.25, 0.3) is 0 Å². The fraction of sp³-hybridized carbons (Fsp3) is 0.381. The van der Waals surface area contributed by atoms with Crippen LogP contribution in [-0.4, -0.2) is 72.9 Å². The number of pyridine rings is 1. The summed E-state index contributed by atoms with van der Waals surface area (Å²) in [7, 11) is 0. The van der Waals surface area contributed by atoms with E-state index < -0.39 is 29.3 Å². The van der Waals surface area contributed by atoms with Gasteiger partial charge in [0.25, 0.3) is 5.91 Å². The monoisotopic (exact) mass is 451 g/mol. The molecule has 170 valence electrons. The number of amides is 2. The maximum Gasteiger partial charge on any atom is 0.437 e. The van der Waals surface area contributed by atoms with Crippen LogP contribution < -0.4 is 9.64 Å². The molecule has 2 aromatic rings. The highest BCUT2D eigenvalue weighted by Crippen LogP contribution is 2.37. The first kappa shape index (κ1) is 22.0. The van der Waals surface area contributed by atoms with Gasteiger partial charge in [-0.25, -0.2) is 4.39 Å². The number of ether oxygens (including phenoxy) is 3. The number of halogens is 3. The molecule has 1 unspecified atom stereocenters. The molecule has 0 radical (unpaired) electrons. The molecule has 2 aliphatic heterocycles. The number of aromatic nitrogens is 1. The first-order valence-electron chi connectivity index (χ1n) is 9.82. The van der Waals surface area contributed by atoms with Crippen molar-refractivity contribution < 1.29 is 37.0 Å². The quantitative estimate of drug-likeness (QED) is 0.706. The highest BCUT2D eigenvalue weighted by molar-refractivity contribution is 5.98. The summed E-state index contributed by atoms with van der Waals surface area (Å²) in [5, 5.41) is 0. The second-order valence-electron chi connectivity index (χ2n) is 7.51. The Morgan fingerprint density at radius 3 is 2.69 bits per heavy atom. The first-order valence-corrected chi connectivity index (χ1v) is 9.82. The Hall–Kier alpha value is -3.18. The average molecular weight is 451 g/mol. The molecule has 0 saturated carbocycles. The Morgan fingerprint density at radius 1 is 1.19 bits per heavy atom. The fourth-order valence-corrected chi connectivity index (χ4v) is 3.64. The van der Waals surface area contributed by atoms with Crippen molar-refractivity contribution >= 4 is 17.5 Å². The van der Waals surface area contributed by atoms with Crippen molar-refractivity contribution in [3.63, 3.8) is 0 Å². The summed E-state index contributed by atoms with van der Waals surface area (Å²) in [6.45, 7) is -0.918. The molecular formula is C21H20F3N3O5. The van der Waals surface area contributed by atoms with Crippen molar-refractivity contribution in [2.45, 2.75) is 11.7 Å². The number of anilines is 1. The van der Waals surface area contributed by atoms with Crippen molar-refractivity contribution in [2.24, 2.45) is 0 Å². The average Bonchev–Trinajstić information content (AvgIpc) is 2.98. The number of morpholine rings is 1. The van der Waals surface area contributed by atoms with Gasteiger partial charge < -0.3 is 19.3 Å². The van der Waals surface area contributed by atoms with Crippen LogP contribution in [0.5, 0.6) is 5.75 Å². The summed E-state index contributed by atoms with van der Waals surface area (Å²) in [5.41, 5.74) is -1.60. The lowest BCUT2D eigenvalue weighted by Gasteiger charge is -2.45. The summed E-state index contributed by atoms with van der Waals surface area (Å²) in [4.78, 5) is 31.1. The lowest BCUT2D eigenvalue weighted by molar-refractivity contribution is -0.293. The normalized spacial score (nSPS) is 23.2. The molecular weight excluding hydrogens is 431 g/mol. The van der Waals surface area contributed by atoms with Crippen LogP contribution in [0.1, 0.15) is 0 Å². The number of benzene rings is 1. The highest BCUT2D eigenvalue weighted by Gasteiger charge is 2.58. The summed E-state index contributed by atoms with van der Waals surface area (Å²) in [6.07, 6.45) is -1.15. The minimum atomic E-state index is -4.15. The van der Waals surface area contributed by atoms with E-state index in [0.717, 1.165) is 17.0 Å². The highest BCUT2D eigenvalue weighted by atomic mass is 19.3. The minimum absolute atomic E-state index is 0.0841. The number of carbonyl (C=O) groups excluding carboxylic acids is 2. The molecule has 0 bridgehead atoms.